The van der Waals surface area contributed by atoms with Crippen LogP contribution in [0.15, 0.2) is 36.5 Å². The van der Waals surface area contributed by atoms with Gasteiger partial charge in [0.1, 0.15) is 13.2 Å². The molecule has 0 saturated carbocycles. The Bertz CT molecular complexity index is 1220. The van der Waals surface area contributed by atoms with E-state index in [4.69, 9.17) is 14.2 Å². The third-order valence-electron chi connectivity index (χ3n) is 14.7. The zero-order chi connectivity index (χ0) is 52.9. The predicted octanol–water partition coefficient (Wildman–Crippen LogP) is 22.0. The number of carbonyl (C=O) groups excluding carboxylic acids is 3. The van der Waals surface area contributed by atoms with Gasteiger partial charge < -0.3 is 14.2 Å². The Hall–Kier alpha value is -2.37. The smallest absolute Gasteiger partial charge is 0.306 e. The number of unbranched alkanes of at least 4 members (excludes halogenated alkanes) is 43. The maximum Gasteiger partial charge on any atom is 0.306 e. The second-order valence-corrected chi connectivity index (χ2v) is 22.0. The first-order valence-electron chi connectivity index (χ1n) is 32.5. The highest BCUT2D eigenvalue weighted by atomic mass is 16.6. The maximum absolute atomic E-state index is 12.8. The number of carbonyl (C=O) groups is 3. The molecule has 0 aromatic heterocycles. The van der Waals surface area contributed by atoms with Crippen LogP contribution in [0.4, 0.5) is 0 Å². The van der Waals surface area contributed by atoms with Gasteiger partial charge in [-0.15, -0.1) is 0 Å². The molecule has 1 atom stereocenters. The molecular weight excluding hydrogens is 901 g/mol. The minimum absolute atomic E-state index is 0.0791. The molecular formula is C67H124O6. The van der Waals surface area contributed by atoms with E-state index in [0.29, 0.717) is 19.3 Å². The maximum atomic E-state index is 12.8. The van der Waals surface area contributed by atoms with Crippen molar-refractivity contribution in [3.05, 3.63) is 36.5 Å². The van der Waals surface area contributed by atoms with Crippen LogP contribution in [-0.4, -0.2) is 37.2 Å². The predicted molar refractivity (Wildman–Crippen MR) is 316 cm³/mol. The normalized spacial score (nSPS) is 12.2. The molecule has 0 N–H and O–H groups in total. The largest absolute Gasteiger partial charge is 0.462 e. The van der Waals surface area contributed by atoms with Gasteiger partial charge >= 0.3 is 17.9 Å². The summed E-state index contributed by atoms with van der Waals surface area (Å²) >= 11 is 0. The molecule has 0 aromatic rings. The first-order chi connectivity index (χ1) is 36.0. The van der Waals surface area contributed by atoms with Crippen LogP contribution >= 0.6 is 0 Å². The third-order valence-corrected chi connectivity index (χ3v) is 14.7. The topological polar surface area (TPSA) is 78.9 Å². The molecule has 0 fully saturated rings. The van der Waals surface area contributed by atoms with E-state index < -0.39 is 6.10 Å². The Morgan fingerprint density at radius 2 is 0.534 bits per heavy atom. The Kier molecular flexibility index (Phi) is 60.2. The van der Waals surface area contributed by atoms with Crippen LogP contribution in [0, 0.1) is 0 Å². The summed E-state index contributed by atoms with van der Waals surface area (Å²) in [5, 5.41) is 0. The SMILES string of the molecule is CC/C=C\C/C=C\C/C=C\CCCCCC(=O)OC(COC(=O)CCCCCCCCCCCCCCC)COC(=O)CCCCCCCCCCCCCCCCCCCCCCCCCCCCCCC. The summed E-state index contributed by atoms with van der Waals surface area (Å²) in [6.45, 7) is 6.56. The van der Waals surface area contributed by atoms with Gasteiger partial charge in [-0.25, -0.2) is 0 Å². The van der Waals surface area contributed by atoms with E-state index >= 15 is 0 Å². The van der Waals surface area contributed by atoms with Crippen LogP contribution in [0.25, 0.3) is 0 Å². The highest BCUT2D eigenvalue weighted by Gasteiger charge is 2.19. The fourth-order valence-electron chi connectivity index (χ4n) is 9.81. The minimum Gasteiger partial charge on any atom is -0.462 e. The molecule has 0 radical (unpaired) electrons. The number of ether oxygens (including phenoxy) is 3. The van der Waals surface area contributed by atoms with E-state index in [0.717, 1.165) is 83.5 Å². The van der Waals surface area contributed by atoms with Gasteiger partial charge in [-0.2, -0.15) is 0 Å². The van der Waals surface area contributed by atoms with Crippen LogP contribution in [0.2, 0.25) is 0 Å². The van der Waals surface area contributed by atoms with Gasteiger partial charge in [0.15, 0.2) is 6.10 Å². The third kappa shape index (κ3) is 60.4. The first kappa shape index (κ1) is 70.6. The van der Waals surface area contributed by atoms with Crippen molar-refractivity contribution >= 4 is 17.9 Å². The van der Waals surface area contributed by atoms with Crippen LogP contribution in [0.1, 0.15) is 355 Å². The number of hydrogen-bond acceptors (Lipinski definition) is 6. The van der Waals surface area contributed by atoms with Crippen molar-refractivity contribution < 1.29 is 28.6 Å². The fourth-order valence-corrected chi connectivity index (χ4v) is 9.81. The van der Waals surface area contributed by atoms with E-state index in [1.165, 1.54) is 231 Å². The summed E-state index contributed by atoms with van der Waals surface area (Å²) in [5.74, 6) is -0.887. The quantitative estimate of drug-likeness (QED) is 0.0261. The van der Waals surface area contributed by atoms with E-state index in [9.17, 15) is 14.4 Å². The van der Waals surface area contributed by atoms with Crippen LogP contribution in [-0.2, 0) is 28.6 Å². The molecule has 0 aliphatic rings. The lowest BCUT2D eigenvalue weighted by Gasteiger charge is -2.18. The van der Waals surface area contributed by atoms with Crippen molar-refractivity contribution in [1.82, 2.24) is 0 Å². The Labute approximate surface area is 455 Å². The summed E-state index contributed by atoms with van der Waals surface area (Å²) in [5.41, 5.74) is 0. The van der Waals surface area contributed by atoms with E-state index in [2.05, 4.69) is 57.2 Å². The second kappa shape index (κ2) is 62.2. The Balaban J connectivity index is 4.12. The molecule has 73 heavy (non-hydrogen) atoms. The van der Waals surface area contributed by atoms with E-state index in [1.54, 1.807) is 0 Å². The van der Waals surface area contributed by atoms with Crippen molar-refractivity contribution in [2.75, 3.05) is 13.2 Å². The van der Waals surface area contributed by atoms with Gasteiger partial charge in [-0.3, -0.25) is 14.4 Å². The van der Waals surface area contributed by atoms with E-state index in [-0.39, 0.29) is 31.1 Å². The molecule has 0 rings (SSSR count). The molecule has 428 valence electrons. The lowest BCUT2D eigenvalue weighted by atomic mass is 10.0. The lowest BCUT2D eigenvalue weighted by molar-refractivity contribution is -0.167. The van der Waals surface area contributed by atoms with Gasteiger partial charge in [0.05, 0.1) is 0 Å². The van der Waals surface area contributed by atoms with Crippen molar-refractivity contribution in [3.8, 4) is 0 Å². The molecule has 0 aliphatic carbocycles. The first-order valence-corrected chi connectivity index (χ1v) is 32.5. The minimum atomic E-state index is -0.783. The van der Waals surface area contributed by atoms with E-state index in [1.807, 2.05) is 0 Å². The zero-order valence-electron chi connectivity index (χ0n) is 49.2. The second-order valence-electron chi connectivity index (χ2n) is 22.0. The van der Waals surface area contributed by atoms with Crippen LogP contribution in [0.3, 0.4) is 0 Å². The van der Waals surface area contributed by atoms with Crippen molar-refractivity contribution in [3.63, 3.8) is 0 Å². The van der Waals surface area contributed by atoms with Crippen molar-refractivity contribution in [2.45, 2.75) is 361 Å². The molecule has 0 heterocycles. The molecule has 6 nitrogen and oxygen atoms in total. The summed E-state index contributed by atoms with van der Waals surface area (Å²) < 4.78 is 16.9. The fraction of sp³-hybridized carbons (Fsp3) is 0.866. The van der Waals surface area contributed by atoms with Gasteiger partial charge in [-0.1, -0.05) is 320 Å². The molecule has 1 unspecified atom stereocenters. The van der Waals surface area contributed by atoms with Gasteiger partial charge in [0.2, 0.25) is 0 Å². The highest BCUT2D eigenvalue weighted by Crippen LogP contribution is 2.18. The van der Waals surface area contributed by atoms with Crippen LogP contribution in [0.5, 0.6) is 0 Å². The number of hydrogen-bond donors (Lipinski definition) is 0. The molecule has 0 amide bonds. The highest BCUT2D eigenvalue weighted by molar-refractivity contribution is 5.71. The monoisotopic (exact) mass is 1020 g/mol. The Morgan fingerprint density at radius 3 is 0.836 bits per heavy atom. The zero-order valence-corrected chi connectivity index (χ0v) is 49.2. The summed E-state index contributed by atoms with van der Waals surface area (Å²) in [6, 6.07) is 0. The van der Waals surface area contributed by atoms with Crippen molar-refractivity contribution in [1.29, 1.82) is 0 Å². The van der Waals surface area contributed by atoms with Gasteiger partial charge in [0.25, 0.3) is 0 Å². The molecule has 6 heteroatoms. The van der Waals surface area contributed by atoms with Gasteiger partial charge in [0, 0.05) is 19.3 Å². The molecule has 0 spiro atoms. The average Bonchev–Trinajstić information content (AvgIpc) is 3.39. The summed E-state index contributed by atoms with van der Waals surface area (Å²) in [4.78, 5) is 38.2. The average molecular weight is 1030 g/mol. The lowest BCUT2D eigenvalue weighted by Crippen LogP contribution is -2.30. The Morgan fingerprint density at radius 1 is 0.288 bits per heavy atom. The molecule has 0 aliphatic heterocycles. The van der Waals surface area contributed by atoms with Crippen molar-refractivity contribution in [2.24, 2.45) is 0 Å². The molecule has 0 aromatic carbocycles. The number of allylic oxidation sites excluding steroid dienone is 6. The molecule has 0 saturated heterocycles. The van der Waals surface area contributed by atoms with Crippen LogP contribution < -0.4 is 0 Å². The summed E-state index contributed by atoms with van der Waals surface area (Å²) in [7, 11) is 0. The molecule has 0 bridgehead atoms. The van der Waals surface area contributed by atoms with Gasteiger partial charge in [-0.05, 0) is 51.4 Å². The number of rotatable bonds is 60. The summed E-state index contributed by atoms with van der Waals surface area (Å²) in [6.07, 6.45) is 76.1. The number of esters is 3. The standard InChI is InChI=1S/C67H124O6/c1-4-7-10-13-16-19-22-25-26-27-28-29-30-31-32-33-34-35-36-37-38-39-40-43-45-48-51-54-57-60-66(69)72-63-64(73-67(70)61-58-55-52-49-46-42-24-21-18-15-12-9-6-3)62-71-65(68)59-56-53-50-47-44-41-23-20-17-14-11-8-5-2/h9,12,18,21,42,46,64H,4-8,10-11,13-17,19-20,22-41,43-45,47-63H2,1-3H3/b12-9-,21-18-,46-42-.